The van der Waals surface area contributed by atoms with E-state index in [-0.39, 0.29) is 6.61 Å². The van der Waals surface area contributed by atoms with Gasteiger partial charge in [0.05, 0.1) is 5.51 Å². The van der Waals surface area contributed by atoms with Crippen LogP contribution < -0.4 is 0 Å². The second kappa shape index (κ2) is 5.62. The molecule has 0 saturated carbocycles. The van der Waals surface area contributed by atoms with Crippen LogP contribution in [0.3, 0.4) is 0 Å². The van der Waals surface area contributed by atoms with Gasteiger partial charge in [0.25, 0.3) is 0 Å². The van der Waals surface area contributed by atoms with Gasteiger partial charge in [0.2, 0.25) is 0 Å². The van der Waals surface area contributed by atoms with Crippen molar-refractivity contribution in [3.05, 3.63) is 59.2 Å². The second-order valence-electron chi connectivity index (χ2n) is 3.94. The van der Waals surface area contributed by atoms with Gasteiger partial charge in [0, 0.05) is 24.0 Å². The fourth-order valence-electron chi connectivity index (χ4n) is 1.62. The minimum Gasteiger partial charge on any atom is -0.456 e. The lowest BCUT2D eigenvalue weighted by molar-refractivity contribution is 0.0466. The van der Waals surface area contributed by atoms with Gasteiger partial charge in [-0.25, -0.2) is 19.7 Å². The Morgan fingerprint density at radius 1 is 1.35 bits per heavy atom. The van der Waals surface area contributed by atoms with E-state index in [1.54, 1.807) is 46.4 Å². The highest BCUT2D eigenvalue weighted by molar-refractivity contribution is 7.07. The molecule has 3 aromatic rings. The third-order valence-electron chi connectivity index (χ3n) is 2.59. The van der Waals surface area contributed by atoms with Gasteiger partial charge in [0.1, 0.15) is 18.8 Å². The SMILES string of the molecule is O=C(OCc1ccnc(-n2ccnc2)c1)c1cscn1. The molecule has 0 atom stereocenters. The van der Waals surface area contributed by atoms with Gasteiger partial charge < -0.3 is 4.74 Å². The number of aromatic nitrogens is 4. The van der Waals surface area contributed by atoms with E-state index < -0.39 is 5.97 Å². The average molecular weight is 286 g/mol. The molecule has 0 radical (unpaired) electrons. The van der Waals surface area contributed by atoms with Crippen molar-refractivity contribution >= 4 is 17.3 Å². The molecule has 6 nitrogen and oxygen atoms in total. The quantitative estimate of drug-likeness (QED) is 0.687. The van der Waals surface area contributed by atoms with E-state index in [1.165, 1.54) is 11.3 Å². The zero-order valence-electron chi connectivity index (χ0n) is 10.3. The van der Waals surface area contributed by atoms with Gasteiger partial charge in [-0.2, -0.15) is 0 Å². The van der Waals surface area contributed by atoms with Crippen molar-refractivity contribution in [3.63, 3.8) is 0 Å². The smallest absolute Gasteiger partial charge is 0.358 e. The summed E-state index contributed by atoms with van der Waals surface area (Å²) < 4.78 is 6.98. The van der Waals surface area contributed by atoms with Crippen molar-refractivity contribution in [2.24, 2.45) is 0 Å². The molecular formula is C13H10N4O2S. The monoisotopic (exact) mass is 286 g/mol. The molecule has 0 spiro atoms. The van der Waals surface area contributed by atoms with E-state index >= 15 is 0 Å². The summed E-state index contributed by atoms with van der Waals surface area (Å²) in [7, 11) is 0. The molecule has 0 N–H and O–H groups in total. The van der Waals surface area contributed by atoms with Crippen LogP contribution >= 0.6 is 11.3 Å². The van der Waals surface area contributed by atoms with E-state index in [4.69, 9.17) is 4.74 Å². The minimum absolute atomic E-state index is 0.181. The summed E-state index contributed by atoms with van der Waals surface area (Å²) in [5.41, 5.74) is 2.78. The Morgan fingerprint density at radius 2 is 2.30 bits per heavy atom. The number of carbonyl (C=O) groups excluding carboxylic acids is 1. The van der Waals surface area contributed by atoms with E-state index in [2.05, 4.69) is 15.0 Å². The predicted molar refractivity (Wildman–Crippen MR) is 72.6 cm³/mol. The number of hydrogen-bond acceptors (Lipinski definition) is 6. The maximum atomic E-state index is 11.7. The van der Waals surface area contributed by atoms with Crippen LogP contribution in [0.15, 0.2) is 47.9 Å². The summed E-state index contributed by atoms with van der Waals surface area (Å²) in [6.07, 6.45) is 6.80. The van der Waals surface area contributed by atoms with Gasteiger partial charge in [-0.15, -0.1) is 11.3 Å². The first-order valence-corrected chi connectivity index (χ1v) is 6.76. The van der Waals surface area contributed by atoms with Crippen molar-refractivity contribution in [2.45, 2.75) is 6.61 Å². The number of thiazole rings is 1. The van der Waals surface area contributed by atoms with Gasteiger partial charge >= 0.3 is 5.97 Å². The van der Waals surface area contributed by atoms with Crippen molar-refractivity contribution in [2.75, 3.05) is 0 Å². The number of pyridine rings is 1. The molecule has 100 valence electrons. The average Bonchev–Trinajstić information content (AvgIpc) is 3.17. The Labute approximate surface area is 118 Å². The molecule has 0 fully saturated rings. The molecule has 0 aliphatic rings. The lowest BCUT2D eigenvalue weighted by Crippen LogP contribution is -2.06. The summed E-state index contributed by atoms with van der Waals surface area (Å²) in [4.78, 5) is 23.8. The summed E-state index contributed by atoms with van der Waals surface area (Å²) in [5.74, 6) is 0.303. The van der Waals surface area contributed by atoms with E-state index in [0.717, 1.165) is 11.4 Å². The highest BCUT2D eigenvalue weighted by Gasteiger charge is 2.09. The molecule has 0 unspecified atom stereocenters. The van der Waals surface area contributed by atoms with Gasteiger partial charge in [-0.1, -0.05) is 0 Å². The summed E-state index contributed by atoms with van der Waals surface area (Å²) >= 11 is 1.36. The second-order valence-corrected chi connectivity index (χ2v) is 4.66. The fraction of sp³-hybridized carbons (Fsp3) is 0.0769. The van der Waals surface area contributed by atoms with Crippen LogP contribution in [0.2, 0.25) is 0 Å². The molecule has 0 bridgehead atoms. The standard InChI is InChI=1S/C13H10N4O2S/c18-13(11-7-20-9-16-11)19-6-10-1-2-15-12(5-10)17-4-3-14-8-17/h1-5,7-9H,6H2. The predicted octanol–water partition coefficient (Wildman–Crippen LogP) is 2.08. The zero-order chi connectivity index (χ0) is 13.8. The Kier molecular flexibility index (Phi) is 3.51. The van der Waals surface area contributed by atoms with E-state index in [1.807, 2.05) is 6.07 Å². The Hall–Kier alpha value is -2.54. The minimum atomic E-state index is -0.424. The first kappa shape index (κ1) is 12.5. The molecule has 3 aromatic heterocycles. The van der Waals surface area contributed by atoms with Crippen molar-refractivity contribution in [1.82, 2.24) is 19.5 Å². The molecule has 0 saturated heterocycles. The summed E-state index contributed by atoms with van der Waals surface area (Å²) in [6, 6.07) is 3.64. The Balaban J connectivity index is 1.69. The number of ether oxygens (including phenoxy) is 1. The molecular weight excluding hydrogens is 276 g/mol. The Morgan fingerprint density at radius 3 is 3.05 bits per heavy atom. The van der Waals surface area contributed by atoms with E-state index in [0.29, 0.717) is 5.69 Å². The highest BCUT2D eigenvalue weighted by atomic mass is 32.1. The number of carbonyl (C=O) groups is 1. The highest BCUT2D eigenvalue weighted by Crippen LogP contribution is 2.10. The number of rotatable bonds is 4. The van der Waals surface area contributed by atoms with Crippen LogP contribution in [0.25, 0.3) is 5.82 Å². The molecule has 0 amide bonds. The van der Waals surface area contributed by atoms with Crippen LogP contribution in [0.5, 0.6) is 0 Å². The molecule has 3 heterocycles. The maximum absolute atomic E-state index is 11.7. The van der Waals surface area contributed by atoms with Crippen molar-refractivity contribution in [3.8, 4) is 5.82 Å². The molecule has 3 rings (SSSR count). The number of imidazole rings is 1. The topological polar surface area (TPSA) is 69.9 Å². The van der Waals surface area contributed by atoms with Crippen LogP contribution in [0.4, 0.5) is 0 Å². The molecule has 0 aliphatic heterocycles. The molecule has 7 heteroatoms. The van der Waals surface area contributed by atoms with Gasteiger partial charge in [-0.3, -0.25) is 4.57 Å². The number of esters is 1. The molecule has 20 heavy (non-hydrogen) atoms. The lowest BCUT2D eigenvalue weighted by Gasteiger charge is -2.05. The van der Waals surface area contributed by atoms with Gasteiger partial charge in [0.15, 0.2) is 5.69 Å². The normalized spacial score (nSPS) is 10.4. The Bertz CT molecular complexity index is 695. The molecule has 0 aromatic carbocycles. The summed E-state index contributed by atoms with van der Waals surface area (Å²) in [6.45, 7) is 0.181. The van der Waals surface area contributed by atoms with Crippen molar-refractivity contribution < 1.29 is 9.53 Å². The van der Waals surface area contributed by atoms with Crippen LogP contribution in [-0.2, 0) is 11.3 Å². The maximum Gasteiger partial charge on any atom is 0.358 e. The van der Waals surface area contributed by atoms with Crippen LogP contribution in [0, 0.1) is 0 Å². The first-order chi connectivity index (χ1) is 9.83. The van der Waals surface area contributed by atoms with Crippen LogP contribution in [0.1, 0.15) is 16.1 Å². The lowest BCUT2D eigenvalue weighted by atomic mass is 10.3. The fourth-order valence-corrected chi connectivity index (χ4v) is 2.14. The third kappa shape index (κ3) is 2.72. The zero-order valence-corrected chi connectivity index (χ0v) is 11.2. The number of nitrogens with zero attached hydrogens (tertiary/aromatic N) is 4. The largest absolute Gasteiger partial charge is 0.456 e. The van der Waals surface area contributed by atoms with Crippen molar-refractivity contribution in [1.29, 1.82) is 0 Å². The summed E-state index contributed by atoms with van der Waals surface area (Å²) in [5, 5.41) is 1.66. The first-order valence-electron chi connectivity index (χ1n) is 5.81. The number of hydrogen-bond donors (Lipinski definition) is 0. The molecule has 0 aliphatic carbocycles. The van der Waals surface area contributed by atoms with Crippen LogP contribution in [-0.4, -0.2) is 25.5 Å². The third-order valence-corrected chi connectivity index (χ3v) is 3.18. The van der Waals surface area contributed by atoms with Gasteiger partial charge in [-0.05, 0) is 17.7 Å². The van der Waals surface area contributed by atoms with E-state index in [9.17, 15) is 4.79 Å².